The van der Waals surface area contributed by atoms with E-state index in [0.29, 0.717) is 39.6 Å². The van der Waals surface area contributed by atoms with Gasteiger partial charge in [-0.1, -0.05) is 113 Å². The summed E-state index contributed by atoms with van der Waals surface area (Å²) in [5, 5.41) is 0. The minimum atomic E-state index is 0.632. The summed E-state index contributed by atoms with van der Waals surface area (Å²) in [6.07, 6.45) is 19.5. The van der Waals surface area contributed by atoms with Gasteiger partial charge in [-0.3, -0.25) is 0 Å². The molecule has 0 aromatic rings. The Morgan fingerprint density at radius 1 is 0.379 bits per heavy atom. The summed E-state index contributed by atoms with van der Waals surface area (Å²) < 4.78 is 22.9. The van der Waals surface area contributed by atoms with Crippen LogP contribution in [0.25, 0.3) is 0 Å². The zero-order valence-electron chi connectivity index (χ0n) is 19.3. The monoisotopic (exact) mass is 528 g/mol. The van der Waals surface area contributed by atoms with Crippen molar-refractivity contribution >= 4 is 22.6 Å². The molecule has 0 aliphatic heterocycles. The smallest absolute Gasteiger partial charge is 0.0701 e. The lowest BCUT2D eigenvalue weighted by atomic mass is 10.0. The van der Waals surface area contributed by atoms with Gasteiger partial charge >= 0.3 is 0 Å². The Morgan fingerprint density at radius 3 is 1.07 bits per heavy atom. The highest BCUT2D eigenvalue weighted by Crippen LogP contribution is 2.12. The maximum absolute atomic E-state index is 5.63. The highest BCUT2D eigenvalue weighted by Gasteiger charge is 1.95. The Kier molecular flexibility index (Phi) is 29.1. The zero-order chi connectivity index (χ0) is 21.1. The van der Waals surface area contributed by atoms with Crippen LogP contribution in [0.4, 0.5) is 0 Å². The molecule has 176 valence electrons. The van der Waals surface area contributed by atoms with E-state index >= 15 is 0 Å². The molecule has 0 fully saturated rings. The van der Waals surface area contributed by atoms with Gasteiger partial charge in [0.2, 0.25) is 0 Å². The molecule has 0 unspecified atom stereocenters. The van der Waals surface area contributed by atoms with Crippen LogP contribution in [0, 0.1) is 0 Å². The van der Waals surface area contributed by atoms with Gasteiger partial charge in [-0.25, -0.2) is 0 Å². The second-order valence-corrected chi connectivity index (χ2v) is 8.81. The first-order chi connectivity index (χ1) is 14.4. The number of rotatable bonds is 26. The Labute approximate surface area is 195 Å². The van der Waals surface area contributed by atoms with Gasteiger partial charge in [0.15, 0.2) is 0 Å². The molecule has 29 heavy (non-hydrogen) atoms. The van der Waals surface area contributed by atoms with E-state index in [-0.39, 0.29) is 0 Å². The maximum Gasteiger partial charge on any atom is 0.0701 e. The predicted molar refractivity (Wildman–Crippen MR) is 132 cm³/mol. The van der Waals surface area contributed by atoms with Crippen molar-refractivity contribution in [1.82, 2.24) is 0 Å². The fourth-order valence-corrected chi connectivity index (χ4v) is 3.53. The summed E-state index contributed by atoms with van der Waals surface area (Å²) in [5.74, 6) is 0. The molecule has 0 spiro atoms. The van der Waals surface area contributed by atoms with Crippen molar-refractivity contribution in [2.24, 2.45) is 0 Å². The van der Waals surface area contributed by atoms with Gasteiger partial charge in [0.25, 0.3) is 0 Å². The molecule has 5 heteroatoms. The number of hydrogen-bond acceptors (Lipinski definition) is 4. The second kappa shape index (κ2) is 28.6. The van der Waals surface area contributed by atoms with E-state index in [1.54, 1.807) is 0 Å². The van der Waals surface area contributed by atoms with Crippen molar-refractivity contribution in [3.8, 4) is 0 Å². The number of unbranched alkanes of at least 4 members (excludes halogenated alkanes) is 13. The average molecular weight is 529 g/mol. The summed E-state index contributed by atoms with van der Waals surface area (Å²) in [7, 11) is 0. The maximum atomic E-state index is 5.63. The molecule has 4 nitrogen and oxygen atoms in total. The molecule has 0 aromatic carbocycles. The zero-order valence-corrected chi connectivity index (χ0v) is 21.4. The topological polar surface area (TPSA) is 36.9 Å². The lowest BCUT2D eigenvalue weighted by Gasteiger charge is -2.07. The molecular weight excluding hydrogens is 479 g/mol. The van der Waals surface area contributed by atoms with E-state index in [4.69, 9.17) is 18.9 Å². The molecule has 0 heterocycles. The molecule has 0 saturated carbocycles. The highest BCUT2D eigenvalue weighted by molar-refractivity contribution is 14.1. The fourth-order valence-electron chi connectivity index (χ4n) is 3.22. The minimum Gasteiger partial charge on any atom is -0.379 e. The molecule has 0 aliphatic rings. The highest BCUT2D eigenvalue weighted by atomic mass is 127. The Bertz CT molecular complexity index is 254. The van der Waals surface area contributed by atoms with Crippen LogP contribution < -0.4 is 0 Å². The first kappa shape index (κ1) is 29.6. The van der Waals surface area contributed by atoms with E-state index in [2.05, 4.69) is 29.5 Å². The van der Waals surface area contributed by atoms with Crippen molar-refractivity contribution in [3.63, 3.8) is 0 Å². The van der Waals surface area contributed by atoms with Gasteiger partial charge < -0.3 is 18.9 Å². The fraction of sp³-hybridized carbons (Fsp3) is 1.00. The summed E-state index contributed by atoms with van der Waals surface area (Å²) in [6.45, 7) is 7.89. The largest absolute Gasteiger partial charge is 0.379 e. The van der Waals surface area contributed by atoms with Gasteiger partial charge in [0.1, 0.15) is 0 Å². The van der Waals surface area contributed by atoms with Crippen LogP contribution >= 0.6 is 22.6 Å². The van der Waals surface area contributed by atoms with E-state index in [1.807, 2.05) is 0 Å². The first-order valence-corrected chi connectivity index (χ1v) is 13.8. The molecule has 0 bridgehead atoms. The normalized spacial score (nSPS) is 11.4. The number of alkyl halides is 1. The molecule has 0 atom stereocenters. The number of halogens is 1. The third-order valence-electron chi connectivity index (χ3n) is 4.98. The van der Waals surface area contributed by atoms with Crippen molar-refractivity contribution < 1.29 is 18.9 Å². The Hall–Kier alpha value is 0.570. The SMILES string of the molecule is CCCCCCCCCCCCCCCCOCCOCCOCCOCCI. The first-order valence-electron chi connectivity index (χ1n) is 12.3. The second-order valence-electron chi connectivity index (χ2n) is 7.73. The van der Waals surface area contributed by atoms with Crippen molar-refractivity contribution in [2.45, 2.75) is 96.8 Å². The van der Waals surface area contributed by atoms with Crippen LogP contribution in [0.5, 0.6) is 0 Å². The minimum absolute atomic E-state index is 0.632. The standard InChI is InChI=1S/C24H49IO4/c1-2-3-4-5-6-7-8-9-10-11-12-13-14-15-17-26-19-21-28-23-24-29-22-20-27-18-16-25/h2-24H2,1H3. The lowest BCUT2D eigenvalue weighted by Crippen LogP contribution is -2.12. The molecule has 0 amide bonds. The third-order valence-corrected chi connectivity index (χ3v) is 5.42. The van der Waals surface area contributed by atoms with Crippen LogP contribution in [0.2, 0.25) is 0 Å². The van der Waals surface area contributed by atoms with Gasteiger partial charge in [-0.2, -0.15) is 0 Å². The van der Waals surface area contributed by atoms with E-state index in [9.17, 15) is 0 Å². The number of ether oxygens (including phenoxy) is 4. The molecule has 0 radical (unpaired) electrons. The van der Waals surface area contributed by atoms with Crippen LogP contribution in [-0.2, 0) is 18.9 Å². The Morgan fingerprint density at radius 2 is 0.690 bits per heavy atom. The van der Waals surface area contributed by atoms with Gasteiger partial charge in [-0.05, 0) is 6.42 Å². The number of hydrogen-bond donors (Lipinski definition) is 0. The van der Waals surface area contributed by atoms with Crippen LogP contribution in [0.3, 0.4) is 0 Å². The molecule has 0 aliphatic carbocycles. The van der Waals surface area contributed by atoms with E-state index < -0.39 is 0 Å². The summed E-state index contributed by atoms with van der Waals surface area (Å²) in [4.78, 5) is 0. The van der Waals surface area contributed by atoms with Crippen LogP contribution in [0.15, 0.2) is 0 Å². The van der Waals surface area contributed by atoms with Crippen molar-refractivity contribution in [2.75, 3.05) is 57.3 Å². The Balaban J connectivity index is 2.97. The van der Waals surface area contributed by atoms with E-state index in [1.165, 1.54) is 89.9 Å². The summed E-state index contributed by atoms with van der Waals surface area (Å²) >= 11 is 2.30. The van der Waals surface area contributed by atoms with E-state index in [0.717, 1.165) is 17.6 Å². The van der Waals surface area contributed by atoms with Crippen molar-refractivity contribution in [1.29, 1.82) is 0 Å². The van der Waals surface area contributed by atoms with Gasteiger partial charge in [-0.15, -0.1) is 0 Å². The molecule has 0 rings (SSSR count). The predicted octanol–water partition coefficient (Wildman–Crippen LogP) is 6.97. The van der Waals surface area contributed by atoms with Gasteiger partial charge in [0, 0.05) is 11.0 Å². The van der Waals surface area contributed by atoms with Crippen molar-refractivity contribution in [3.05, 3.63) is 0 Å². The molecular formula is C24H49IO4. The van der Waals surface area contributed by atoms with Crippen LogP contribution in [-0.4, -0.2) is 57.3 Å². The summed E-state index contributed by atoms with van der Waals surface area (Å²) in [5.41, 5.74) is 0. The van der Waals surface area contributed by atoms with Gasteiger partial charge in [0.05, 0.1) is 46.2 Å². The lowest BCUT2D eigenvalue weighted by molar-refractivity contribution is -0.000458. The molecule has 0 N–H and O–H groups in total. The quantitative estimate of drug-likeness (QED) is 0.0691. The van der Waals surface area contributed by atoms with Crippen LogP contribution in [0.1, 0.15) is 96.8 Å². The molecule has 0 aromatic heterocycles. The average Bonchev–Trinajstić information content (AvgIpc) is 2.74. The third kappa shape index (κ3) is 28.6. The summed E-state index contributed by atoms with van der Waals surface area (Å²) in [6, 6.07) is 0. The molecule has 0 saturated heterocycles.